The highest BCUT2D eigenvalue weighted by atomic mass is 32.1. The largest absolute Gasteiger partial charge is 0.379 e. The van der Waals surface area contributed by atoms with Crippen LogP contribution >= 0.6 is 12.2 Å². The standard InChI is InChI=1S/C23H31N3OS/c1-20(22-11-6-3-7-12-22)26(19-21-9-4-2-5-10-21)23(28)24-13-8-14-25-15-17-27-18-16-25/h2-7,9-12,20H,8,13-19H2,1H3,(H,24,28). The van der Waals surface area contributed by atoms with Gasteiger partial charge in [0.1, 0.15) is 0 Å². The minimum atomic E-state index is 0.209. The molecular weight excluding hydrogens is 366 g/mol. The van der Waals surface area contributed by atoms with Gasteiger partial charge in [-0.15, -0.1) is 0 Å². The van der Waals surface area contributed by atoms with Crippen LogP contribution in [0.25, 0.3) is 0 Å². The number of nitrogens with one attached hydrogen (secondary N) is 1. The second kappa shape index (κ2) is 11.1. The molecule has 1 N–H and O–H groups in total. The number of rotatable bonds is 8. The second-order valence-electron chi connectivity index (χ2n) is 7.24. The van der Waals surface area contributed by atoms with Gasteiger partial charge >= 0.3 is 0 Å². The summed E-state index contributed by atoms with van der Waals surface area (Å²) in [6.45, 7) is 8.78. The molecule has 1 heterocycles. The van der Waals surface area contributed by atoms with Crippen LogP contribution in [0.4, 0.5) is 0 Å². The molecule has 1 atom stereocenters. The van der Waals surface area contributed by atoms with Crippen LogP contribution in [0.2, 0.25) is 0 Å². The lowest BCUT2D eigenvalue weighted by Crippen LogP contribution is -2.42. The van der Waals surface area contributed by atoms with Gasteiger partial charge in [0.15, 0.2) is 5.11 Å². The summed E-state index contributed by atoms with van der Waals surface area (Å²) in [7, 11) is 0. The van der Waals surface area contributed by atoms with Crippen molar-refractivity contribution >= 4 is 17.3 Å². The first-order valence-electron chi connectivity index (χ1n) is 10.2. The van der Waals surface area contributed by atoms with Crippen molar-refractivity contribution in [3.8, 4) is 0 Å². The number of hydrogen-bond acceptors (Lipinski definition) is 3. The molecule has 0 spiro atoms. The maximum atomic E-state index is 5.80. The zero-order chi connectivity index (χ0) is 19.6. The van der Waals surface area contributed by atoms with Crippen LogP contribution in [-0.4, -0.2) is 54.3 Å². The first-order valence-corrected chi connectivity index (χ1v) is 10.6. The first-order chi connectivity index (χ1) is 13.7. The molecule has 3 rings (SSSR count). The zero-order valence-electron chi connectivity index (χ0n) is 16.7. The number of benzene rings is 2. The van der Waals surface area contributed by atoms with Gasteiger partial charge in [0.25, 0.3) is 0 Å². The van der Waals surface area contributed by atoms with Crippen LogP contribution in [0.3, 0.4) is 0 Å². The van der Waals surface area contributed by atoms with Crippen molar-refractivity contribution in [3.63, 3.8) is 0 Å². The summed E-state index contributed by atoms with van der Waals surface area (Å²) in [4.78, 5) is 4.75. The summed E-state index contributed by atoms with van der Waals surface area (Å²) in [5.74, 6) is 0. The Hall–Kier alpha value is -1.95. The molecule has 0 radical (unpaired) electrons. The van der Waals surface area contributed by atoms with Crippen LogP contribution in [0, 0.1) is 0 Å². The lowest BCUT2D eigenvalue weighted by molar-refractivity contribution is 0.0375. The number of nitrogens with zero attached hydrogens (tertiary/aromatic N) is 2. The average Bonchev–Trinajstić information content (AvgIpc) is 2.76. The van der Waals surface area contributed by atoms with Crippen molar-refractivity contribution in [1.82, 2.24) is 15.1 Å². The van der Waals surface area contributed by atoms with Crippen molar-refractivity contribution in [2.75, 3.05) is 39.4 Å². The molecule has 0 bridgehead atoms. The van der Waals surface area contributed by atoms with Crippen molar-refractivity contribution in [2.24, 2.45) is 0 Å². The molecule has 0 saturated carbocycles. The minimum absolute atomic E-state index is 0.209. The maximum absolute atomic E-state index is 5.80. The number of thiocarbonyl (C=S) groups is 1. The molecule has 2 aromatic rings. The quantitative estimate of drug-likeness (QED) is 0.540. The molecule has 1 unspecified atom stereocenters. The van der Waals surface area contributed by atoms with E-state index in [2.05, 4.69) is 82.7 Å². The summed E-state index contributed by atoms with van der Waals surface area (Å²) in [6.07, 6.45) is 1.08. The van der Waals surface area contributed by atoms with E-state index in [-0.39, 0.29) is 6.04 Å². The maximum Gasteiger partial charge on any atom is 0.169 e. The Morgan fingerprint density at radius 1 is 1.07 bits per heavy atom. The monoisotopic (exact) mass is 397 g/mol. The van der Waals surface area contributed by atoms with Gasteiger partial charge in [-0.05, 0) is 43.2 Å². The Bertz CT molecular complexity index is 704. The third-order valence-electron chi connectivity index (χ3n) is 5.24. The molecule has 0 aromatic heterocycles. The second-order valence-corrected chi connectivity index (χ2v) is 7.63. The lowest BCUT2D eigenvalue weighted by atomic mass is 10.1. The first kappa shape index (κ1) is 20.8. The molecule has 0 aliphatic carbocycles. The molecule has 0 amide bonds. The third-order valence-corrected chi connectivity index (χ3v) is 5.62. The van der Waals surface area contributed by atoms with Crippen molar-refractivity contribution in [3.05, 3.63) is 71.8 Å². The number of hydrogen-bond donors (Lipinski definition) is 1. The van der Waals surface area contributed by atoms with Crippen molar-refractivity contribution in [2.45, 2.75) is 25.9 Å². The zero-order valence-corrected chi connectivity index (χ0v) is 17.5. The van der Waals surface area contributed by atoms with Gasteiger partial charge in [0, 0.05) is 26.2 Å². The van der Waals surface area contributed by atoms with Crippen LogP contribution in [0.15, 0.2) is 60.7 Å². The molecule has 4 nitrogen and oxygen atoms in total. The van der Waals surface area contributed by atoms with Crippen molar-refractivity contribution < 1.29 is 4.74 Å². The fraction of sp³-hybridized carbons (Fsp3) is 0.435. The predicted octanol–water partition coefficient (Wildman–Crippen LogP) is 3.85. The molecule has 28 heavy (non-hydrogen) atoms. The molecule has 1 aliphatic rings. The Morgan fingerprint density at radius 3 is 2.39 bits per heavy atom. The van der Waals surface area contributed by atoms with Gasteiger partial charge in [-0.1, -0.05) is 60.7 Å². The smallest absolute Gasteiger partial charge is 0.169 e. The molecule has 1 aliphatic heterocycles. The number of morpholine rings is 1. The van der Waals surface area contributed by atoms with Gasteiger partial charge in [-0.2, -0.15) is 0 Å². The highest BCUT2D eigenvalue weighted by Crippen LogP contribution is 2.22. The van der Waals surface area contributed by atoms with E-state index < -0.39 is 0 Å². The van der Waals surface area contributed by atoms with E-state index in [1.165, 1.54) is 11.1 Å². The van der Waals surface area contributed by atoms with E-state index >= 15 is 0 Å². The molecule has 150 valence electrons. The number of ether oxygens (including phenoxy) is 1. The summed E-state index contributed by atoms with van der Waals surface area (Å²) in [5, 5.41) is 4.31. The van der Waals surface area contributed by atoms with Crippen molar-refractivity contribution in [1.29, 1.82) is 0 Å². The van der Waals surface area contributed by atoms with Crippen LogP contribution in [-0.2, 0) is 11.3 Å². The lowest BCUT2D eigenvalue weighted by Gasteiger charge is -2.33. The van der Waals surface area contributed by atoms with Crippen LogP contribution in [0.1, 0.15) is 30.5 Å². The van der Waals surface area contributed by atoms with E-state index in [9.17, 15) is 0 Å². The van der Waals surface area contributed by atoms with Crippen LogP contribution < -0.4 is 5.32 Å². The van der Waals surface area contributed by atoms with Gasteiger partial charge in [-0.3, -0.25) is 4.90 Å². The van der Waals surface area contributed by atoms with Gasteiger partial charge in [0.05, 0.1) is 19.3 Å². The SMILES string of the molecule is CC(c1ccccc1)N(Cc1ccccc1)C(=S)NCCCN1CCOCC1. The fourth-order valence-electron chi connectivity index (χ4n) is 3.50. The normalized spacial score (nSPS) is 15.8. The van der Waals surface area contributed by atoms with Gasteiger partial charge in [0.2, 0.25) is 0 Å². The summed E-state index contributed by atoms with van der Waals surface area (Å²) < 4.78 is 5.42. The minimum Gasteiger partial charge on any atom is -0.379 e. The van der Waals surface area contributed by atoms with E-state index in [1.807, 2.05) is 0 Å². The van der Waals surface area contributed by atoms with Gasteiger partial charge in [-0.25, -0.2) is 0 Å². The molecule has 1 saturated heterocycles. The Kier molecular flexibility index (Phi) is 8.27. The molecule has 5 heteroatoms. The van der Waals surface area contributed by atoms with E-state index in [4.69, 9.17) is 17.0 Å². The van der Waals surface area contributed by atoms with E-state index in [0.717, 1.165) is 57.5 Å². The van der Waals surface area contributed by atoms with E-state index in [0.29, 0.717) is 0 Å². The highest BCUT2D eigenvalue weighted by Gasteiger charge is 2.19. The van der Waals surface area contributed by atoms with Gasteiger partial charge < -0.3 is 15.0 Å². The topological polar surface area (TPSA) is 27.7 Å². The Balaban J connectivity index is 1.57. The molecular formula is C23H31N3OS. The Labute approximate surface area is 174 Å². The molecule has 1 fully saturated rings. The van der Waals surface area contributed by atoms with Crippen LogP contribution in [0.5, 0.6) is 0 Å². The fourth-order valence-corrected chi connectivity index (χ4v) is 3.83. The summed E-state index contributed by atoms with van der Waals surface area (Å²) in [6, 6.07) is 21.3. The predicted molar refractivity (Wildman–Crippen MR) is 119 cm³/mol. The third kappa shape index (κ3) is 6.30. The summed E-state index contributed by atoms with van der Waals surface area (Å²) >= 11 is 5.80. The highest BCUT2D eigenvalue weighted by molar-refractivity contribution is 7.80. The summed E-state index contributed by atoms with van der Waals surface area (Å²) in [5.41, 5.74) is 2.54. The van der Waals surface area contributed by atoms with E-state index in [1.54, 1.807) is 0 Å². The average molecular weight is 398 g/mol. The molecule has 2 aromatic carbocycles. The Morgan fingerprint density at radius 2 is 1.71 bits per heavy atom.